The molecule has 2 aromatic heterocycles. The number of fused-ring (bicyclic) bond motifs is 1. The van der Waals surface area contributed by atoms with Gasteiger partial charge >= 0.3 is 0 Å². The Kier molecular flexibility index (Phi) is 2.84. The van der Waals surface area contributed by atoms with E-state index in [1.54, 1.807) is 0 Å². The van der Waals surface area contributed by atoms with Gasteiger partial charge in [0.15, 0.2) is 10.8 Å². The molecule has 5 heteroatoms. The zero-order chi connectivity index (χ0) is 11.9. The molecule has 4 nitrogen and oxygen atoms in total. The van der Waals surface area contributed by atoms with Gasteiger partial charge in [-0.05, 0) is 19.8 Å². The van der Waals surface area contributed by atoms with Crippen LogP contribution in [0.15, 0.2) is 0 Å². The quantitative estimate of drug-likeness (QED) is 0.756. The third-order valence-electron chi connectivity index (χ3n) is 2.41. The van der Waals surface area contributed by atoms with Gasteiger partial charge < -0.3 is 4.57 Å². The molecule has 0 saturated carbocycles. The molecule has 0 unspecified atom stereocenters. The van der Waals surface area contributed by atoms with Gasteiger partial charge in [-0.1, -0.05) is 25.4 Å². The first-order valence-electron chi connectivity index (χ1n) is 5.36. The summed E-state index contributed by atoms with van der Waals surface area (Å²) >= 11 is 6.15. The zero-order valence-electron chi connectivity index (χ0n) is 9.95. The molecular weight excluding hydrogens is 224 g/mol. The Bertz CT molecular complexity index is 530. The van der Waals surface area contributed by atoms with Crippen molar-refractivity contribution in [2.75, 3.05) is 0 Å². The summed E-state index contributed by atoms with van der Waals surface area (Å²) in [5, 5.41) is 0.490. The van der Waals surface area contributed by atoms with Gasteiger partial charge in [-0.25, -0.2) is 15.0 Å². The van der Waals surface area contributed by atoms with Crippen LogP contribution in [0.2, 0.25) is 5.15 Å². The lowest BCUT2D eigenvalue weighted by molar-refractivity contribution is 0.524. The molecule has 0 fully saturated rings. The third-order valence-corrected chi connectivity index (χ3v) is 2.67. The molecule has 0 aliphatic carbocycles. The predicted molar refractivity (Wildman–Crippen MR) is 64.6 cm³/mol. The Hall–Kier alpha value is -1.16. The normalized spacial score (nSPS) is 11.6. The Balaban J connectivity index is 2.68. The smallest absolute Gasteiger partial charge is 0.182 e. The van der Waals surface area contributed by atoms with E-state index in [2.05, 4.69) is 33.4 Å². The Morgan fingerprint density at radius 2 is 1.88 bits per heavy atom. The van der Waals surface area contributed by atoms with Gasteiger partial charge in [0.05, 0.1) is 0 Å². The van der Waals surface area contributed by atoms with Gasteiger partial charge in [0.1, 0.15) is 17.2 Å². The molecular formula is C11H15ClN4. The average Bonchev–Trinajstić information content (AvgIpc) is 2.41. The van der Waals surface area contributed by atoms with Crippen molar-refractivity contribution in [3.05, 3.63) is 16.8 Å². The highest BCUT2D eigenvalue weighted by molar-refractivity contribution is 6.33. The Morgan fingerprint density at radius 1 is 1.19 bits per heavy atom. The van der Waals surface area contributed by atoms with Crippen LogP contribution in [-0.2, 0) is 6.54 Å². The summed E-state index contributed by atoms with van der Waals surface area (Å²) in [7, 11) is 0. The van der Waals surface area contributed by atoms with Crippen molar-refractivity contribution in [3.8, 4) is 0 Å². The highest BCUT2D eigenvalue weighted by atomic mass is 35.5. The zero-order valence-corrected chi connectivity index (χ0v) is 10.7. The fourth-order valence-electron chi connectivity index (χ4n) is 1.79. The first-order valence-corrected chi connectivity index (χ1v) is 5.73. The van der Waals surface area contributed by atoms with Crippen LogP contribution in [0.4, 0.5) is 0 Å². The molecule has 16 heavy (non-hydrogen) atoms. The van der Waals surface area contributed by atoms with Crippen LogP contribution in [0.5, 0.6) is 0 Å². The van der Waals surface area contributed by atoms with E-state index >= 15 is 0 Å². The standard InChI is InChI=1S/C11H15ClN4/c1-6(2)5-16-8(4)15-11-9(16)10(12)13-7(3)14-11/h6H,5H2,1-4H3. The number of nitrogens with zero attached hydrogens (tertiary/aromatic N) is 4. The van der Waals surface area contributed by atoms with E-state index in [9.17, 15) is 0 Å². The average molecular weight is 239 g/mol. The molecule has 2 heterocycles. The van der Waals surface area contributed by atoms with Crippen LogP contribution in [0, 0.1) is 19.8 Å². The van der Waals surface area contributed by atoms with Gasteiger partial charge in [-0.2, -0.15) is 0 Å². The molecule has 0 bridgehead atoms. The minimum Gasteiger partial charge on any atom is -0.324 e. The lowest BCUT2D eigenvalue weighted by atomic mass is 10.2. The maximum Gasteiger partial charge on any atom is 0.182 e. The molecule has 2 rings (SSSR count). The fourth-order valence-corrected chi connectivity index (χ4v) is 2.10. The van der Waals surface area contributed by atoms with Crippen LogP contribution in [0.3, 0.4) is 0 Å². The van der Waals surface area contributed by atoms with Gasteiger partial charge in [0, 0.05) is 6.54 Å². The van der Waals surface area contributed by atoms with E-state index in [4.69, 9.17) is 11.6 Å². The Morgan fingerprint density at radius 3 is 2.50 bits per heavy atom. The first-order chi connectivity index (χ1) is 7.49. The summed E-state index contributed by atoms with van der Waals surface area (Å²) in [4.78, 5) is 12.9. The highest BCUT2D eigenvalue weighted by Crippen LogP contribution is 2.22. The van der Waals surface area contributed by atoms with Gasteiger partial charge in [-0.15, -0.1) is 0 Å². The summed E-state index contributed by atoms with van der Waals surface area (Å²) in [6.07, 6.45) is 0. The van der Waals surface area contributed by atoms with E-state index in [1.165, 1.54) is 0 Å². The SMILES string of the molecule is Cc1nc(Cl)c2c(n1)nc(C)n2CC(C)C. The van der Waals surface area contributed by atoms with Crippen molar-refractivity contribution < 1.29 is 0 Å². The van der Waals surface area contributed by atoms with E-state index in [1.807, 2.05) is 13.8 Å². The van der Waals surface area contributed by atoms with E-state index in [0.29, 0.717) is 22.5 Å². The van der Waals surface area contributed by atoms with Crippen molar-refractivity contribution in [1.82, 2.24) is 19.5 Å². The molecule has 0 aromatic carbocycles. The van der Waals surface area contributed by atoms with Crippen LogP contribution >= 0.6 is 11.6 Å². The molecule has 0 N–H and O–H groups in total. The summed E-state index contributed by atoms with van der Waals surface area (Å²) in [6.45, 7) is 8.99. The van der Waals surface area contributed by atoms with E-state index in [-0.39, 0.29) is 0 Å². The van der Waals surface area contributed by atoms with Crippen molar-refractivity contribution in [1.29, 1.82) is 0 Å². The number of aryl methyl sites for hydroxylation is 2. The summed E-state index contributed by atoms with van der Waals surface area (Å²) in [5.41, 5.74) is 1.54. The maximum atomic E-state index is 6.15. The van der Waals surface area contributed by atoms with Crippen molar-refractivity contribution >= 4 is 22.8 Å². The van der Waals surface area contributed by atoms with E-state index < -0.39 is 0 Å². The summed E-state index contributed by atoms with van der Waals surface area (Å²) in [6, 6.07) is 0. The number of halogens is 1. The van der Waals surface area contributed by atoms with Gasteiger partial charge in [0.2, 0.25) is 0 Å². The molecule has 0 amide bonds. The monoisotopic (exact) mass is 238 g/mol. The van der Waals surface area contributed by atoms with Crippen LogP contribution in [0.25, 0.3) is 11.2 Å². The highest BCUT2D eigenvalue weighted by Gasteiger charge is 2.14. The second-order valence-corrected chi connectivity index (χ2v) is 4.76. The second-order valence-electron chi connectivity index (χ2n) is 4.40. The molecule has 0 aliphatic rings. The second kappa shape index (κ2) is 4.01. The molecule has 0 radical (unpaired) electrons. The lowest BCUT2D eigenvalue weighted by Crippen LogP contribution is -2.06. The first kappa shape index (κ1) is 11.3. The van der Waals surface area contributed by atoms with Gasteiger partial charge in [-0.3, -0.25) is 0 Å². The fraction of sp³-hybridized carbons (Fsp3) is 0.545. The number of hydrogen-bond donors (Lipinski definition) is 0. The minimum atomic E-state index is 0.490. The minimum absolute atomic E-state index is 0.490. The van der Waals surface area contributed by atoms with Crippen LogP contribution in [-0.4, -0.2) is 19.5 Å². The molecule has 0 saturated heterocycles. The molecule has 0 spiro atoms. The van der Waals surface area contributed by atoms with E-state index in [0.717, 1.165) is 17.9 Å². The summed E-state index contributed by atoms with van der Waals surface area (Å²) < 4.78 is 2.09. The lowest BCUT2D eigenvalue weighted by Gasteiger charge is -2.09. The van der Waals surface area contributed by atoms with Crippen LogP contribution < -0.4 is 0 Å². The molecule has 0 atom stereocenters. The predicted octanol–water partition coefficient (Wildman–Crippen LogP) is 2.75. The van der Waals surface area contributed by atoms with Crippen molar-refractivity contribution in [2.45, 2.75) is 34.2 Å². The number of aromatic nitrogens is 4. The largest absolute Gasteiger partial charge is 0.324 e. The van der Waals surface area contributed by atoms with Gasteiger partial charge in [0.25, 0.3) is 0 Å². The molecule has 0 aliphatic heterocycles. The number of hydrogen-bond acceptors (Lipinski definition) is 3. The Labute approximate surface area is 99.7 Å². The topological polar surface area (TPSA) is 43.6 Å². The number of rotatable bonds is 2. The maximum absolute atomic E-state index is 6.15. The molecule has 2 aromatic rings. The van der Waals surface area contributed by atoms with Crippen LogP contribution in [0.1, 0.15) is 25.5 Å². The summed E-state index contributed by atoms with van der Waals surface area (Å²) in [5.74, 6) is 2.13. The third kappa shape index (κ3) is 1.89. The van der Waals surface area contributed by atoms with Crippen molar-refractivity contribution in [3.63, 3.8) is 0 Å². The molecule has 86 valence electrons. The van der Waals surface area contributed by atoms with Crippen molar-refractivity contribution in [2.24, 2.45) is 5.92 Å². The number of imidazole rings is 1.